The zero-order chi connectivity index (χ0) is 15.7. The number of rotatable bonds is 7. The number of carbonyl (C=O) groups excluding carboxylic acids is 1. The van der Waals surface area contributed by atoms with Crippen molar-refractivity contribution in [2.24, 2.45) is 5.92 Å². The number of hydrogen-bond acceptors (Lipinski definition) is 4. The monoisotopic (exact) mass is 290 g/mol. The fraction of sp³-hybridized carbons (Fsp3) is 0.353. The van der Waals surface area contributed by atoms with E-state index in [-0.39, 0.29) is 12.0 Å². The molecule has 0 aliphatic rings. The van der Waals surface area contributed by atoms with Gasteiger partial charge in [0.2, 0.25) is 0 Å². The van der Waals surface area contributed by atoms with Gasteiger partial charge in [0.25, 0.3) is 0 Å². The van der Waals surface area contributed by atoms with E-state index in [0.29, 0.717) is 5.57 Å². The summed E-state index contributed by atoms with van der Waals surface area (Å²) in [5, 5.41) is 0. The van der Waals surface area contributed by atoms with Gasteiger partial charge in [0.15, 0.2) is 0 Å². The maximum atomic E-state index is 11.8. The van der Waals surface area contributed by atoms with Crippen LogP contribution in [-0.4, -0.2) is 33.4 Å². The van der Waals surface area contributed by atoms with Gasteiger partial charge in [-0.1, -0.05) is 49.4 Å². The molecule has 0 saturated heterocycles. The Morgan fingerprint density at radius 2 is 1.81 bits per heavy atom. The highest BCUT2D eigenvalue weighted by Gasteiger charge is 2.24. The molecule has 1 aromatic rings. The SMILES string of the molecule is COC=C(C(=O)OC)[C@@H](C)[C@@H](C=Cc1ccccc1)OC. The molecule has 2 atom stereocenters. The van der Waals surface area contributed by atoms with Crippen molar-refractivity contribution in [1.82, 2.24) is 0 Å². The van der Waals surface area contributed by atoms with Gasteiger partial charge in [0, 0.05) is 13.0 Å². The molecule has 21 heavy (non-hydrogen) atoms. The Hall–Kier alpha value is -2.07. The first kappa shape index (κ1) is 17.0. The van der Waals surface area contributed by atoms with E-state index in [1.165, 1.54) is 20.5 Å². The Balaban J connectivity index is 2.89. The minimum absolute atomic E-state index is 0.192. The smallest absolute Gasteiger partial charge is 0.337 e. The highest BCUT2D eigenvalue weighted by atomic mass is 16.5. The van der Waals surface area contributed by atoms with Crippen LogP contribution in [0.3, 0.4) is 0 Å². The van der Waals surface area contributed by atoms with E-state index in [9.17, 15) is 4.79 Å². The molecular weight excluding hydrogens is 268 g/mol. The van der Waals surface area contributed by atoms with Crippen LogP contribution in [0.4, 0.5) is 0 Å². The number of carbonyl (C=O) groups is 1. The number of ether oxygens (including phenoxy) is 3. The van der Waals surface area contributed by atoms with E-state index in [0.717, 1.165) is 5.56 Å². The van der Waals surface area contributed by atoms with Crippen LogP contribution >= 0.6 is 0 Å². The third kappa shape index (κ3) is 5.08. The molecule has 0 aliphatic carbocycles. The molecule has 4 nitrogen and oxygen atoms in total. The predicted molar refractivity (Wildman–Crippen MR) is 82.5 cm³/mol. The van der Waals surface area contributed by atoms with Crippen molar-refractivity contribution in [3.05, 3.63) is 53.8 Å². The van der Waals surface area contributed by atoms with Gasteiger partial charge >= 0.3 is 5.97 Å². The topological polar surface area (TPSA) is 44.8 Å². The highest BCUT2D eigenvalue weighted by molar-refractivity contribution is 5.88. The van der Waals surface area contributed by atoms with Gasteiger partial charge < -0.3 is 14.2 Å². The largest absolute Gasteiger partial charge is 0.504 e. The zero-order valence-electron chi connectivity index (χ0n) is 12.9. The molecule has 1 rings (SSSR count). The lowest BCUT2D eigenvalue weighted by Gasteiger charge is -2.20. The van der Waals surface area contributed by atoms with Crippen LogP contribution in [0, 0.1) is 5.92 Å². The highest BCUT2D eigenvalue weighted by Crippen LogP contribution is 2.20. The fourth-order valence-electron chi connectivity index (χ4n) is 1.98. The first-order chi connectivity index (χ1) is 10.1. The molecule has 4 heteroatoms. The maximum absolute atomic E-state index is 11.8. The molecule has 0 aromatic heterocycles. The van der Waals surface area contributed by atoms with Gasteiger partial charge in [-0.3, -0.25) is 0 Å². The summed E-state index contributed by atoms with van der Waals surface area (Å²) in [4.78, 5) is 11.8. The minimum Gasteiger partial charge on any atom is -0.504 e. The Kier molecular flexibility index (Phi) is 7.26. The van der Waals surface area contributed by atoms with Crippen molar-refractivity contribution in [1.29, 1.82) is 0 Å². The van der Waals surface area contributed by atoms with Crippen LogP contribution in [0.15, 0.2) is 48.2 Å². The summed E-state index contributed by atoms with van der Waals surface area (Å²) in [7, 11) is 4.45. The minimum atomic E-state index is -0.417. The van der Waals surface area contributed by atoms with Crippen LogP contribution in [0.1, 0.15) is 12.5 Å². The summed E-state index contributed by atoms with van der Waals surface area (Å²) >= 11 is 0. The standard InChI is InChI=1S/C17H22O4/c1-13(15(12-19-2)17(18)21-4)16(20-3)11-10-14-8-6-5-7-9-14/h5-13,16H,1-4H3/t13-,16-/m1/s1. The van der Waals surface area contributed by atoms with E-state index in [2.05, 4.69) is 0 Å². The first-order valence-electron chi connectivity index (χ1n) is 6.71. The Bertz CT molecular complexity index is 491. The third-order valence-electron chi connectivity index (χ3n) is 3.20. The quantitative estimate of drug-likeness (QED) is 0.440. The lowest BCUT2D eigenvalue weighted by Crippen LogP contribution is -2.24. The van der Waals surface area contributed by atoms with Gasteiger partial charge in [-0.25, -0.2) is 4.79 Å². The summed E-state index contributed by atoms with van der Waals surface area (Å²) in [6.45, 7) is 1.89. The second kappa shape index (κ2) is 8.97. The number of benzene rings is 1. The lowest BCUT2D eigenvalue weighted by molar-refractivity contribution is -0.137. The lowest BCUT2D eigenvalue weighted by atomic mass is 9.95. The van der Waals surface area contributed by atoms with Gasteiger partial charge in [-0.2, -0.15) is 0 Å². The molecule has 0 fully saturated rings. The zero-order valence-corrected chi connectivity index (χ0v) is 12.9. The summed E-state index contributed by atoms with van der Waals surface area (Å²) in [5.74, 6) is -0.609. The van der Waals surface area contributed by atoms with Crippen molar-refractivity contribution in [2.45, 2.75) is 13.0 Å². The second-order valence-corrected chi connectivity index (χ2v) is 4.56. The molecule has 0 heterocycles. The van der Waals surface area contributed by atoms with E-state index in [1.807, 2.05) is 49.4 Å². The number of esters is 1. The Labute approximate surface area is 126 Å². The third-order valence-corrected chi connectivity index (χ3v) is 3.20. The first-order valence-corrected chi connectivity index (χ1v) is 6.71. The van der Waals surface area contributed by atoms with Gasteiger partial charge in [0.05, 0.1) is 32.2 Å². The van der Waals surface area contributed by atoms with E-state index in [1.54, 1.807) is 7.11 Å². The summed E-state index contributed by atoms with van der Waals surface area (Å²) in [6, 6.07) is 9.90. The predicted octanol–water partition coefficient (Wildman–Crippen LogP) is 3.05. The molecule has 1 aromatic carbocycles. The van der Waals surface area contributed by atoms with Gasteiger partial charge in [-0.05, 0) is 5.56 Å². The van der Waals surface area contributed by atoms with Crippen molar-refractivity contribution in [3.8, 4) is 0 Å². The number of methoxy groups -OCH3 is 3. The van der Waals surface area contributed by atoms with E-state index < -0.39 is 5.97 Å². The van der Waals surface area contributed by atoms with Crippen LogP contribution in [-0.2, 0) is 19.0 Å². The van der Waals surface area contributed by atoms with Crippen LogP contribution in [0.5, 0.6) is 0 Å². The van der Waals surface area contributed by atoms with E-state index in [4.69, 9.17) is 14.2 Å². The second-order valence-electron chi connectivity index (χ2n) is 4.56. The molecule has 0 spiro atoms. The average Bonchev–Trinajstić information content (AvgIpc) is 2.53. The molecular formula is C17H22O4. The molecule has 114 valence electrons. The molecule has 0 saturated carbocycles. The fourth-order valence-corrected chi connectivity index (χ4v) is 1.98. The van der Waals surface area contributed by atoms with Crippen LogP contribution < -0.4 is 0 Å². The van der Waals surface area contributed by atoms with Gasteiger partial charge in [0.1, 0.15) is 0 Å². The molecule has 0 N–H and O–H groups in total. The van der Waals surface area contributed by atoms with Crippen molar-refractivity contribution in [3.63, 3.8) is 0 Å². The molecule has 0 bridgehead atoms. The van der Waals surface area contributed by atoms with Crippen LogP contribution in [0.2, 0.25) is 0 Å². The molecule has 0 unspecified atom stereocenters. The molecule has 0 radical (unpaired) electrons. The molecule has 0 amide bonds. The normalized spacial score (nSPS) is 14.8. The number of hydrogen-bond donors (Lipinski definition) is 0. The van der Waals surface area contributed by atoms with Crippen LogP contribution in [0.25, 0.3) is 6.08 Å². The Morgan fingerprint density at radius 3 is 2.33 bits per heavy atom. The summed E-state index contributed by atoms with van der Waals surface area (Å²) in [5.41, 5.74) is 1.51. The van der Waals surface area contributed by atoms with Crippen molar-refractivity contribution < 1.29 is 19.0 Å². The summed E-state index contributed by atoms with van der Waals surface area (Å²) in [6.07, 6.45) is 5.03. The maximum Gasteiger partial charge on any atom is 0.337 e. The average molecular weight is 290 g/mol. The van der Waals surface area contributed by atoms with Gasteiger partial charge in [-0.15, -0.1) is 0 Å². The van der Waals surface area contributed by atoms with Crippen molar-refractivity contribution in [2.75, 3.05) is 21.3 Å². The summed E-state index contributed by atoms with van der Waals surface area (Å²) < 4.78 is 15.2. The van der Waals surface area contributed by atoms with E-state index >= 15 is 0 Å². The molecule has 0 aliphatic heterocycles. The van der Waals surface area contributed by atoms with Crippen molar-refractivity contribution >= 4 is 12.0 Å². The Morgan fingerprint density at radius 1 is 1.14 bits per heavy atom.